The number of benzene rings is 2. The smallest absolute Gasteiger partial charge is 0.326 e. The number of hydrogen-bond acceptors (Lipinski definition) is 4. The van der Waals surface area contributed by atoms with Crippen LogP contribution in [0.25, 0.3) is 6.08 Å². The van der Waals surface area contributed by atoms with Crippen LogP contribution in [0.2, 0.25) is 0 Å². The van der Waals surface area contributed by atoms with Gasteiger partial charge in [0.1, 0.15) is 11.7 Å². The number of carbonyl (C=O) groups is 3. The number of nitrogens with one attached hydrogen (secondary N) is 2. The summed E-state index contributed by atoms with van der Waals surface area (Å²) in [7, 11) is 0. The van der Waals surface area contributed by atoms with Gasteiger partial charge in [0.15, 0.2) is 10.4 Å². The molecule has 0 radical (unpaired) electrons. The number of hydrogen-bond donors (Lipinski definition) is 3. The van der Waals surface area contributed by atoms with Crippen molar-refractivity contribution in [2.45, 2.75) is 12.5 Å². The Morgan fingerprint density at radius 2 is 1.66 bits per heavy atom. The number of amides is 2. The van der Waals surface area contributed by atoms with E-state index in [1.165, 1.54) is 12.1 Å². The van der Waals surface area contributed by atoms with Crippen molar-refractivity contribution in [3.8, 4) is 0 Å². The summed E-state index contributed by atoms with van der Waals surface area (Å²) in [4.78, 5) is 37.3. The minimum Gasteiger partial charge on any atom is -0.480 e. The van der Waals surface area contributed by atoms with E-state index in [9.17, 15) is 19.5 Å². The molecule has 0 aliphatic carbocycles. The van der Waals surface area contributed by atoms with E-state index in [1.807, 2.05) is 6.07 Å². The van der Waals surface area contributed by atoms with Gasteiger partial charge in [-0.05, 0) is 57.4 Å². The Balaban J connectivity index is 1.85. The molecule has 0 spiro atoms. The van der Waals surface area contributed by atoms with Crippen LogP contribution in [0.5, 0.6) is 0 Å². The fourth-order valence-corrected chi connectivity index (χ4v) is 3.36. The van der Waals surface area contributed by atoms with Crippen molar-refractivity contribution in [1.29, 1.82) is 0 Å². The van der Waals surface area contributed by atoms with E-state index in [1.54, 1.807) is 54.6 Å². The monoisotopic (exact) mass is 560 g/mol. The molecule has 2 aromatic carbocycles. The largest absolute Gasteiger partial charge is 0.480 e. The number of carbonyl (C=O) groups excluding carboxylic acids is 2. The zero-order valence-corrected chi connectivity index (χ0v) is 19.7. The van der Waals surface area contributed by atoms with Gasteiger partial charge < -0.3 is 20.2 Å². The van der Waals surface area contributed by atoms with E-state index in [-0.39, 0.29) is 17.9 Å². The molecule has 3 aromatic rings. The summed E-state index contributed by atoms with van der Waals surface area (Å²) in [5, 5.41) is 14.6. The van der Waals surface area contributed by atoms with Crippen LogP contribution in [0, 0.1) is 0 Å². The first-order chi connectivity index (χ1) is 15.3. The van der Waals surface area contributed by atoms with Crippen molar-refractivity contribution in [2.24, 2.45) is 0 Å². The summed E-state index contributed by atoms with van der Waals surface area (Å²) < 4.78 is 6.44. The predicted octanol–water partition coefficient (Wildman–Crippen LogP) is 4.39. The molecule has 0 saturated carbocycles. The number of aliphatic carboxylic acids is 1. The molecule has 1 atom stereocenters. The van der Waals surface area contributed by atoms with E-state index >= 15 is 0 Å². The van der Waals surface area contributed by atoms with Crippen LogP contribution in [0.3, 0.4) is 0 Å². The Bertz CT molecular complexity index is 1140. The molecule has 3 N–H and O–H groups in total. The molecule has 0 unspecified atom stereocenters. The van der Waals surface area contributed by atoms with Crippen LogP contribution < -0.4 is 10.6 Å². The van der Waals surface area contributed by atoms with E-state index in [4.69, 9.17) is 4.42 Å². The average Bonchev–Trinajstić information content (AvgIpc) is 3.21. The Morgan fingerprint density at radius 1 is 0.969 bits per heavy atom. The quantitative estimate of drug-likeness (QED) is 0.353. The Morgan fingerprint density at radius 3 is 2.25 bits per heavy atom. The van der Waals surface area contributed by atoms with Crippen LogP contribution in [0.4, 0.5) is 0 Å². The highest BCUT2D eigenvalue weighted by molar-refractivity contribution is 9.10. The number of carboxylic acid groups (broad SMARTS) is 1. The first-order valence-corrected chi connectivity index (χ1v) is 11.0. The third kappa shape index (κ3) is 6.66. The molecular weight excluding hydrogens is 544 g/mol. The topological polar surface area (TPSA) is 109 Å². The third-order valence-electron chi connectivity index (χ3n) is 4.36. The number of furan rings is 1. The molecule has 164 valence electrons. The molecule has 1 aromatic heterocycles. The van der Waals surface area contributed by atoms with Gasteiger partial charge in [-0.1, -0.05) is 58.4 Å². The first-order valence-electron chi connectivity index (χ1n) is 9.43. The second kappa shape index (κ2) is 10.9. The molecule has 7 nitrogen and oxygen atoms in total. The normalized spacial score (nSPS) is 12.1. The Labute approximate surface area is 200 Å². The fraction of sp³-hybridized carbons (Fsp3) is 0.0870. The molecule has 2 amide bonds. The lowest BCUT2D eigenvalue weighted by atomic mass is 10.1. The molecule has 9 heteroatoms. The summed E-state index contributed by atoms with van der Waals surface area (Å²) in [6.07, 6.45) is 1.55. The minimum absolute atomic E-state index is 0.00884. The van der Waals surface area contributed by atoms with E-state index in [0.717, 1.165) is 10.0 Å². The highest BCUT2D eigenvalue weighted by Gasteiger charge is 2.24. The van der Waals surface area contributed by atoms with Crippen molar-refractivity contribution < 1.29 is 23.9 Å². The van der Waals surface area contributed by atoms with Crippen LogP contribution in [0.1, 0.15) is 21.7 Å². The van der Waals surface area contributed by atoms with Gasteiger partial charge in [0.05, 0.1) is 0 Å². The summed E-state index contributed by atoms with van der Waals surface area (Å²) in [6, 6.07) is 17.8. The average molecular weight is 562 g/mol. The molecule has 32 heavy (non-hydrogen) atoms. The van der Waals surface area contributed by atoms with Gasteiger partial charge in [0.25, 0.3) is 11.8 Å². The standard InChI is InChI=1S/C23H18Br2N2O5/c24-16-8-6-15(7-9-16)12-17(26-22(29)19-10-11-20(25)32-19)21(28)27-18(23(30)31)13-14-4-2-1-3-5-14/h1-12,18H,13H2,(H,26,29)(H,27,28)(H,30,31)/b17-12-/t18-/m1/s1. The van der Waals surface area contributed by atoms with Gasteiger partial charge >= 0.3 is 5.97 Å². The molecule has 3 rings (SSSR count). The lowest BCUT2D eigenvalue weighted by molar-refractivity contribution is -0.141. The molecule has 0 fully saturated rings. The van der Waals surface area contributed by atoms with Crippen LogP contribution in [-0.4, -0.2) is 28.9 Å². The Hall–Kier alpha value is -3.17. The highest BCUT2D eigenvalue weighted by atomic mass is 79.9. The summed E-state index contributed by atoms with van der Waals surface area (Å²) in [5.74, 6) is -2.59. The fourth-order valence-electron chi connectivity index (χ4n) is 2.79. The molecular formula is C23H18Br2N2O5. The van der Waals surface area contributed by atoms with Gasteiger partial charge in [-0.25, -0.2) is 4.79 Å². The van der Waals surface area contributed by atoms with Crippen LogP contribution >= 0.6 is 31.9 Å². The van der Waals surface area contributed by atoms with Crippen LogP contribution in [0.15, 0.2) is 86.0 Å². The van der Waals surface area contributed by atoms with Gasteiger partial charge in [-0.3, -0.25) is 9.59 Å². The van der Waals surface area contributed by atoms with Crippen molar-refractivity contribution >= 4 is 55.7 Å². The maximum atomic E-state index is 13.0. The summed E-state index contributed by atoms with van der Waals surface area (Å²) in [6.45, 7) is 0. The molecule has 0 bridgehead atoms. The lowest BCUT2D eigenvalue weighted by Crippen LogP contribution is -2.45. The third-order valence-corrected chi connectivity index (χ3v) is 5.31. The zero-order valence-electron chi connectivity index (χ0n) is 16.5. The maximum absolute atomic E-state index is 13.0. The van der Waals surface area contributed by atoms with Crippen molar-refractivity contribution in [1.82, 2.24) is 10.6 Å². The van der Waals surface area contributed by atoms with Gasteiger partial charge in [-0.2, -0.15) is 0 Å². The van der Waals surface area contributed by atoms with Crippen molar-refractivity contribution in [3.05, 3.63) is 98.5 Å². The summed E-state index contributed by atoms with van der Waals surface area (Å²) >= 11 is 6.47. The molecule has 0 aliphatic rings. The van der Waals surface area contributed by atoms with Crippen molar-refractivity contribution in [2.75, 3.05) is 0 Å². The second-order valence-corrected chi connectivity index (χ2v) is 8.42. The van der Waals surface area contributed by atoms with Crippen LogP contribution in [-0.2, 0) is 16.0 Å². The molecule has 0 aliphatic heterocycles. The number of halogens is 2. The SMILES string of the molecule is O=C(N[C@H](Cc1ccccc1)C(=O)O)/C(=C/c1ccc(Br)cc1)NC(=O)c1ccc(Br)o1. The van der Waals surface area contributed by atoms with E-state index < -0.39 is 23.8 Å². The van der Waals surface area contributed by atoms with E-state index in [0.29, 0.717) is 10.2 Å². The lowest BCUT2D eigenvalue weighted by Gasteiger charge is -2.16. The zero-order chi connectivity index (χ0) is 23.1. The number of carboxylic acids is 1. The van der Waals surface area contributed by atoms with Gasteiger partial charge in [0.2, 0.25) is 0 Å². The number of rotatable bonds is 8. The van der Waals surface area contributed by atoms with Gasteiger partial charge in [0, 0.05) is 10.9 Å². The van der Waals surface area contributed by atoms with E-state index in [2.05, 4.69) is 42.5 Å². The van der Waals surface area contributed by atoms with Gasteiger partial charge in [-0.15, -0.1) is 0 Å². The highest BCUT2D eigenvalue weighted by Crippen LogP contribution is 2.16. The van der Waals surface area contributed by atoms with Crippen molar-refractivity contribution in [3.63, 3.8) is 0 Å². The molecule has 0 saturated heterocycles. The molecule has 1 heterocycles. The minimum atomic E-state index is -1.19. The predicted molar refractivity (Wildman–Crippen MR) is 126 cm³/mol. The maximum Gasteiger partial charge on any atom is 0.326 e. The first kappa shape index (κ1) is 23.5. The summed E-state index contributed by atoms with van der Waals surface area (Å²) in [5.41, 5.74) is 1.27. The Kier molecular flexibility index (Phi) is 8.02. The second-order valence-electron chi connectivity index (χ2n) is 6.72.